The van der Waals surface area contributed by atoms with E-state index in [4.69, 9.17) is 0 Å². The lowest BCUT2D eigenvalue weighted by atomic mass is 9.90. The summed E-state index contributed by atoms with van der Waals surface area (Å²) in [4.78, 5) is 4.93. The Labute approximate surface area is 210 Å². The van der Waals surface area contributed by atoms with E-state index < -0.39 is 12.2 Å². The van der Waals surface area contributed by atoms with E-state index in [1.54, 1.807) is 0 Å². The van der Waals surface area contributed by atoms with Crippen molar-refractivity contribution in [3.8, 4) is 0 Å². The third kappa shape index (κ3) is 5.07. The quantitative estimate of drug-likeness (QED) is 0.425. The first-order valence-corrected chi connectivity index (χ1v) is 12.9. The number of hydrogen-bond donors (Lipinski definition) is 2. The molecule has 1 aliphatic heterocycles. The summed E-state index contributed by atoms with van der Waals surface area (Å²) >= 11 is 0. The molecular weight excluding hydrogens is 432 g/mol. The van der Waals surface area contributed by atoms with Gasteiger partial charge in [-0.1, -0.05) is 97.9 Å². The van der Waals surface area contributed by atoms with Crippen LogP contribution in [0.25, 0.3) is 0 Å². The Morgan fingerprint density at radius 2 is 0.943 bits per heavy atom. The minimum Gasteiger partial charge on any atom is -0.390 e. The molecule has 0 aromatic heterocycles. The van der Waals surface area contributed by atoms with Crippen molar-refractivity contribution in [2.75, 3.05) is 0 Å². The third-order valence-corrected chi connectivity index (χ3v) is 7.51. The highest BCUT2D eigenvalue weighted by Gasteiger charge is 2.53. The Bertz CT molecular complexity index is 984. The van der Waals surface area contributed by atoms with Crippen LogP contribution < -0.4 is 0 Å². The monoisotopic (exact) mass is 472 g/mol. The van der Waals surface area contributed by atoms with Gasteiger partial charge >= 0.3 is 0 Å². The maximum Gasteiger partial charge on any atom is 0.0909 e. The molecule has 0 bridgehead atoms. The minimum absolute atomic E-state index is 0.0710. The Kier molecular flexibility index (Phi) is 8.08. The van der Waals surface area contributed by atoms with Gasteiger partial charge in [-0.05, 0) is 44.4 Å². The van der Waals surface area contributed by atoms with Gasteiger partial charge in [-0.25, -0.2) is 0 Å². The van der Waals surface area contributed by atoms with Gasteiger partial charge in [0.2, 0.25) is 0 Å². The van der Waals surface area contributed by atoms with Crippen LogP contribution in [0, 0.1) is 5.92 Å². The second-order valence-electron chi connectivity index (χ2n) is 10.4. The molecule has 0 spiro atoms. The van der Waals surface area contributed by atoms with Crippen molar-refractivity contribution in [3.05, 3.63) is 108 Å². The summed E-state index contributed by atoms with van der Waals surface area (Å²) in [5, 5.41) is 23.2. The molecule has 0 radical (unpaired) electrons. The van der Waals surface area contributed by atoms with Gasteiger partial charge < -0.3 is 10.2 Å². The molecule has 4 heteroatoms. The fourth-order valence-corrected chi connectivity index (χ4v) is 5.84. The van der Waals surface area contributed by atoms with Crippen LogP contribution in [-0.2, 0) is 0 Å². The van der Waals surface area contributed by atoms with Gasteiger partial charge in [0.05, 0.1) is 30.5 Å². The maximum absolute atomic E-state index is 12.0. The lowest BCUT2D eigenvalue weighted by Gasteiger charge is -2.42. The van der Waals surface area contributed by atoms with Crippen LogP contribution in [0.5, 0.6) is 0 Å². The lowest BCUT2D eigenvalue weighted by molar-refractivity contribution is -0.0811. The van der Waals surface area contributed by atoms with Gasteiger partial charge in [0.15, 0.2) is 0 Å². The van der Waals surface area contributed by atoms with Crippen molar-refractivity contribution in [1.82, 2.24) is 9.80 Å². The molecule has 35 heavy (non-hydrogen) atoms. The molecule has 0 unspecified atom stereocenters. The third-order valence-electron chi connectivity index (χ3n) is 7.51. The Hall–Kier alpha value is -2.50. The summed E-state index contributed by atoms with van der Waals surface area (Å²) in [6, 6.07) is 31.5. The fraction of sp³-hybridized carbons (Fsp3) is 0.419. The number of benzene rings is 3. The summed E-state index contributed by atoms with van der Waals surface area (Å²) < 4.78 is 0. The summed E-state index contributed by atoms with van der Waals surface area (Å²) in [5.41, 5.74) is 3.32. The summed E-state index contributed by atoms with van der Waals surface area (Å²) in [6.45, 7) is 10.8. The van der Waals surface area contributed by atoms with Crippen molar-refractivity contribution in [1.29, 1.82) is 0 Å². The Balaban J connectivity index is 1.82. The van der Waals surface area contributed by atoms with E-state index >= 15 is 0 Å². The molecule has 3 aromatic carbocycles. The van der Waals surface area contributed by atoms with Gasteiger partial charge in [0.1, 0.15) is 0 Å². The largest absolute Gasteiger partial charge is 0.390 e. The molecule has 1 saturated heterocycles. The van der Waals surface area contributed by atoms with E-state index in [0.717, 1.165) is 5.56 Å². The molecule has 1 heterocycles. The molecule has 0 saturated carbocycles. The molecular formula is C31H40N2O2. The predicted octanol–water partition coefficient (Wildman–Crippen LogP) is 5.96. The van der Waals surface area contributed by atoms with Crippen molar-refractivity contribution in [2.45, 2.75) is 77.2 Å². The van der Waals surface area contributed by atoms with Crippen LogP contribution in [0.15, 0.2) is 91.0 Å². The highest BCUT2D eigenvalue weighted by molar-refractivity contribution is 5.31. The second kappa shape index (κ2) is 11.0. The van der Waals surface area contributed by atoms with Gasteiger partial charge in [-0.15, -0.1) is 0 Å². The lowest BCUT2D eigenvalue weighted by Crippen LogP contribution is -2.54. The van der Waals surface area contributed by atoms with E-state index in [0.29, 0.717) is 0 Å². The highest BCUT2D eigenvalue weighted by Crippen LogP contribution is 2.51. The zero-order chi connectivity index (χ0) is 25.1. The van der Waals surface area contributed by atoms with E-state index in [-0.39, 0.29) is 36.3 Å². The van der Waals surface area contributed by atoms with Crippen LogP contribution in [-0.4, -0.2) is 44.4 Å². The van der Waals surface area contributed by atoms with E-state index in [2.05, 4.69) is 98.2 Å². The second-order valence-corrected chi connectivity index (χ2v) is 10.4. The van der Waals surface area contributed by atoms with Crippen molar-refractivity contribution < 1.29 is 10.2 Å². The number of nitrogens with zero attached hydrogens (tertiary/aromatic N) is 2. The van der Waals surface area contributed by atoms with Crippen molar-refractivity contribution in [3.63, 3.8) is 0 Å². The average molecular weight is 473 g/mol. The molecule has 0 aliphatic carbocycles. The van der Waals surface area contributed by atoms with Gasteiger partial charge in [0, 0.05) is 18.0 Å². The zero-order valence-electron chi connectivity index (χ0n) is 21.6. The molecule has 4 rings (SSSR count). The Morgan fingerprint density at radius 1 is 0.571 bits per heavy atom. The van der Waals surface area contributed by atoms with E-state index in [1.165, 1.54) is 11.1 Å². The smallest absolute Gasteiger partial charge is 0.0909 e. The van der Waals surface area contributed by atoms with Crippen LogP contribution in [0.2, 0.25) is 0 Å². The summed E-state index contributed by atoms with van der Waals surface area (Å²) in [7, 11) is 0. The molecule has 1 aliphatic rings. The topological polar surface area (TPSA) is 46.9 Å². The molecule has 186 valence electrons. The van der Waals surface area contributed by atoms with Crippen molar-refractivity contribution >= 4 is 0 Å². The molecule has 4 nitrogen and oxygen atoms in total. The average Bonchev–Trinajstić information content (AvgIpc) is 3.26. The van der Waals surface area contributed by atoms with E-state index in [1.807, 2.05) is 37.3 Å². The van der Waals surface area contributed by atoms with Crippen LogP contribution >= 0.6 is 0 Å². The molecule has 3 aromatic rings. The van der Waals surface area contributed by atoms with Crippen LogP contribution in [0.3, 0.4) is 0 Å². The number of rotatable bonds is 8. The molecule has 1 fully saturated rings. The first-order valence-electron chi connectivity index (χ1n) is 12.9. The van der Waals surface area contributed by atoms with Gasteiger partial charge in [-0.2, -0.15) is 0 Å². The first-order chi connectivity index (χ1) is 16.8. The maximum atomic E-state index is 12.0. The Morgan fingerprint density at radius 3 is 1.31 bits per heavy atom. The van der Waals surface area contributed by atoms with Crippen molar-refractivity contribution in [2.24, 2.45) is 5.92 Å². The molecule has 0 amide bonds. The van der Waals surface area contributed by atoms with Crippen LogP contribution in [0.4, 0.5) is 0 Å². The predicted molar refractivity (Wildman–Crippen MR) is 143 cm³/mol. The number of hydrogen-bond acceptors (Lipinski definition) is 4. The van der Waals surface area contributed by atoms with E-state index in [9.17, 15) is 10.2 Å². The van der Waals surface area contributed by atoms with Crippen LogP contribution in [0.1, 0.15) is 69.5 Å². The standard InChI is InChI=1S/C31H40N2O2/c1-21(2)32-27(24-15-9-6-10-16-24)28(25-17-11-7-12-18-25)33(22(3)4)31(32)30(35)23(5)29(34)26-19-13-8-14-20-26/h6-23,27-31,34-35H,1-5H3/t23-,27+,28+,29-,30+/m0/s1. The minimum atomic E-state index is -0.755. The number of aliphatic hydroxyl groups is 2. The van der Waals surface area contributed by atoms with Gasteiger partial charge in [0.25, 0.3) is 0 Å². The fourth-order valence-electron chi connectivity index (χ4n) is 5.84. The molecule has 5 atom stereocenters. The first kappa shape index (κ1) is 25.6. The van der Waals surface area contributed by atoms with Gasteiger partial charge in [-0.3, -0.25) is 9.80 Å². The SMILES string of the molecule is CC(C)N1C([C@H](O)[C@@H](C)[C@H](O)c2ccccc2)N(C(C)C)[C@H](c2ccccc2)[C@H]1c1ccccc1. The zero-order valence-corrected chi connectivity index (χ0v) is 21.6. The summed E-state index contributed by atoms with van der Waals surface area (Å²) in [6.07, 6.45) is -1.76. The molecule has 2 N–H and O–H groups in total. The highest BCUT2D eigenvalue weighted by atomic mass is 16.3. The number of aliphatic hydroxyl groups excluding tert-OH is 2. The normalized spacial score (nSPS) is 22.5. The summed E-state index contributed by atoms with van der Waals surface area (Å²) in [5.74, 6) is -0.351.